The van der Waals surface area contributed by atoms with Crippen molar-refractivity contribution in [2.45, 2.75) is 19.0 Å². The van der Waals surface area contributed by atoms with Gasteiger partial charge in [0.25, 0.3) is 0 Å². The molecular weight excluding hydrogens is 260 g/mol. The van der Waals surface area contributed by atoms with Gasteiger partial charge >= 0.3 is 0 Å². The maximum Gasteiger partial charge on any atom is 0.134 e. The van der Waals surface area contributed by atoms with E-state index in [1.807, 2.05) is 18.2 Å². The van der Waals surface area contributed by atoms with Gasteiger partial charge in [0, 0.05) is 30.1 Å². The van der Waals surface area contributed by atoms with Gasteiger partial charge in [0.05, 0.1) is 12.1 Å². The Labute approximate surface area is 118 Å². The van der Waals surface area contributed by atoms with Crippen LogP contribution in [0.3, 0.4) is 0 Å². The standard InChI is InChI=1S/C15H17ClN2O/c1-18(13-6-7-19-10-13)9-12-8-11-4-2-3-5-14(11)17-15(12)16/h2-5,8,13H,6-7,9-10H2,1H3. The summed E-state index contributed by atoms with van der Waals surface area (Å²) in [5.41, 5.74) is 2.03. The SMILES string of the molecule is CN(Cc1cc2ccccc2nc1Cl)C1CCOC1. The molecule has 1 aliphatic heterocycles. The third-order valence-corrected chi connectivity index (χ3v) is 4.03. The van der Waals surface area contributed by atoms with Crippen molar-refractivity contribution in [3.05, 3.63) is 41.0 Å². The molecule has 4 heteroatoms. The quantitative estimate of drug-likeness (QED) is 0.806. The van der Waals surface area contributed by atoms with Crippen molar-refractivity contribution in [2.75, 3.05) is 20.3 Å². The fourth-order valence-electron chi connectivity index (χ4n) is 2.51. The first-order valence-electron chi connectivity index (χ1n) is 6.56. The molecule has 3 rings (SSSR count). The fourth-order valence-corrected chi connectivity index (χ4v) is 2.72. The van der Waals surface area contributed by atoms with Crippen LogP contribution in [0.4, 0.5) is 0 Å². The Morgan fingerprint density at radius 2 is 2.26 bits per heavy atom. The van der Waals surface area contributed by atoms with E-state index in [2.05, 4.69) is 29.1 Å². The third kappa shape index (κ3) is 2.73. The summed E-state index contributed by atoms with van der Waals surface area (Å²) in [5, 5.41) is 1.74. The molecule has 2 aromatic rings. The van der Waals surface area contributed by atoms with Crippen LogP contribution in [0.15, 0.2) is 30.3 Å². The number of nitrogens with zero attached hydrogens (tertiary/aromatic N) is 2. The van der Waals surface area contributed by atoms with Crippen molar-refractivity contribution in [3.63, 3.8) is 0 Å². The molecule has 1 aliphatic rings. The van der Waals surface area contributed by atoms with E-state index in [1.165, 1.54) is 0 Å². The van der Waals surface area contributed by atoms with Gasteiger partial charge in [-0.15, -0.1) is 0 Å². The maximum absolute atomic E-state index is 6.28. The maximum atomic E-state index is 6.28. The molecule has 0 saturated carbocycles. The largest absolute Gasteiger partial charge is 0.380 e. The van der Waals surface area contributed by atoms with Crippen molar-refractivity contribution in [1.29, 1.82) is 0 Å². The zero-order chi connectivity index (χ0) is 13.2. The predicted molar refractivity (Wildman–Crippen MR) is 77.4 cm³/mol. The second kappa shape index (κ2) is 5.45. The Morgan fingerprint density at radius 3 is 3.05 bits per heavy atom. The van der Waals surface area contributed by atoms with Crippen molar-refractivity contribution in [3.8, 4) is 0 Å². The van der Waals surface area contributed by atoms with E-state index in [0.717, 1.165) is 42.6 Å². The molecule has 0 bridgehead atoms. The van der Waals surface area contributed by atoms with Gasteiger partial charge in [0.15, 0.2) is 0 Å². The molecule has 19 heavy (non-hydrogen) atoms. The average Bonchev–Trinajstić information content (AvgIpc) is 2.93. The molecule has 0 amide bonds. The first-order chi connectivity index (χ1) is 9.24. The molecule has 0 spiro atoms. The van der Waals surface area contributed by atoms with E-state index >= 15 is 0 Å². The topological polar surface area (TPSA) is 25.4 Å². The van der Waals surface area contributed by atoms with E-state index in [0.29, 0.717) is 11.2 Å². The molecule has 1 aromatic carbocycles. The molecule has 0 aliphatic carbocycles. The highest BCUT2D eigenvalue weighted by Crippen LogP contribution is 2.23. The predicted octanol–water partition coefficient (Wildman–Crippen LogP) is 3.11. The number of fused-ring (bicyclic) bond motifs is 1. The second-order valence-corrected chi connectivity index (χ2v) is 5.42. The Kier molecular flexibility index (Phi) is 3.69. The van der Waals surface area contributed by atoms with Gasteiger partial charge in [0.2, 0.25) is 0 Å². The molecule has 1 aromatic heterocycles. The van der Waals surface area contributed by atoms with Crippen LogP contribution < -0.4 is 0 Å². The Bertz CT molecular complexity index is 581. The van der Waals surface area contributed by atoms with E-state index in [1.54, 1.807) is 0 Å². The number of hydrogen-bond donors (Lipinski definition) is 0. The number of aromatic nitrogens is 1. The summed E-state index contributed by atoms with van der Waals surface area (Å²) in [6.45, 7) is 2.48. The molecule has 100 valence electrons. The Balaban J connectivity index is 1.85. The van der Waals surface area contributed by atoms with E-state index in [9.17, 15) is 0 Å². The number of rotatable bonds is 3. The van der Waals surface area contributed by atoms with Gasteiger partial charge in [-0.2, -0.15) is 0 Å². The van der Waals surface area contributed by atoms with E-state index < -0.39 is 0 Å². The highest BCUT2D eigenvalue weighted by atomic mass is 35.5. The number of pyridine rings is 1. The Morgan fingerprint density at radius 1 is 1.42 bits per heavy atom. The summed E-state index contributed by atoms with van der Waals surface area (Å²) in [7, 11) is 2.12. The zero-order valence-electron chi connectivity index (χ0n) is 11.0. The summed E-state index contributed by atoms with van der Waals surface area (Å²) in [6.07, 6.45) is 1.09. The molecule has 1 atom stereocenters. The third-order valence-electron chi connectivity index (χ3n) is 3.70. The van der Waals surface area contributed by atoms with Crippen LogP contribution in [0.1, 0.15) is 12.0 Å². The van der Waals surface area contributed by atoms with Crippen molar-refractivity contribution in [2.24, 2.45) is 0 Å². The molecule has 3 nitrogen and oxygen atoms in total. The number of para-hydroxylation sites is 1. The second-order valence-electron chi connectivity index (χ2n) is 5.06. The summed E-state index contributed by atoms with van der Waals surface area (Å²) >= 11 is 6.28. The lowest BCUT2D eigenvalue weighted by Crippen LogP contribution is -2.31. The van der Waals surface area contributed by atoms with Crippen LogP contribution >= 0.6 is 11.6 Å². The van der Waals surface area contributed by atoms with Gasteiger partial charge in [-0.05, 0) is 25.6 Å². The first-order valence-corrected chi connectivity index (χ1v) is 6.94. The smallest absolute Gasteiger partial charge is 0.134 e. The van der Waals surface area contributed by atoms with Crippen LogP contribution in [0.5, 0.6) is 0 Å². The van der Waals surface area contributed by atoms with Gasteiger partial charge < -0.3 is 4.74 Å². The average molecular weight is 277 g/mol. The van der Waals surface area contributed by atoms with Crippen molar-refractivity contribution < 1.29 is 4.74 Å². The number of hydrogen-bond acceptors (Lipinski definition) is 3. The lowest BCUT2D eigenvalue weighted by Gasteiger charge is -2.23. The Hall–Kier alpha value is -1.16. The minimum absolute atomic E-state index is 0.488. The van der Waals surface area contributed by atoms with E-state index in [-0.39, 0.29) is 0 Å². The van der Waals surface area contributed by atoms with Crippen molar-refractivity contribution in [1.82, 2.24) is 9.88 Å². The molecular formula is C15H17ClN2O. The summed E-state index contributed by atoms with van der Waals surface area (Å²) in [6, 6.07) is 10.7. The molecule has 0 N–H and O–H groups in total. The molecule has 2 heterocycles. The molecule has 1 saturated heterocycles. The fraction of sp³-hybridized carbons (Fsp3) is 0.400. The minimum atomic E-state index is 0.488. The lowest BCUT2D eigenvalue weighted by atomic mass is 10.1. The van der Waals surface area contributed by atoms with Crippen LogP contribution in [-0.4, -0.2) is 36.2 Å². The molecule has 1 unspecified atom stereocenters. The van der Waals surface area contributed by atoms with Crippen molar-refractivity contribution >= 4 is 22.5 Å². The van der Waals surface area contributed by atoms with Gasteiger partial charge in [-0.1, -0.05) is 29.8 Å². The first kappa shape index (κ1) is 12.9. The van der Waals surface area contributed by atoms with Crippen LogP contribution in [-0.2, 0) is 11.3 Å². The van der Waals surface area contributed by atoms with Gasteiger partial charge in [-0.25, -0.2) is 4.98 Å². The highest BCUT2D eigenvalue weighted by molar-refractivity contribution is 6.30. The number of ether oxygens (including phenoxy) is 1. The monoisotopic (exact) mass is 276 g/mol. The van der Waals surface area contributed by atoms with Gasteiger partial charge in [0.1, 0.15) is 5.15 Å². The normalized spacial score (nSPS) is 19.4. The highest BCUT2D eigenvalue weighted by Gasteiger charge is 2.21. The summed E-state index contributed by atoms with van der Waals surface area (Å²) in [5.74, 6) is 0. The lowest BCUT2D eigenvalue weighted by molar-refractivity contribution is 0.156. The minimum Gasteiger partial charge on any atom is -0.380 e. The van der Waals surface area contributed by atoms with Crippen LogP contribution in [0.25, 0.3) is 10.9 Å². The summed E-state index contributed by atoms with van der Waals surface area (Å²) < 4.78 is 5.43. The van der Waals surface area contributed by atoms with E-state index in [4.69, 9.17) is 16.3 Å². The number of likely N-dealkylation sites (N-methyl/N-ethyl adjacent to an activating group) is 1. The number of benzene rings is 1. The molecule has 1 fully saturated rings. The van der Waals surface area contributed by atoms with Crippen LogP contribution in [0.2, 0.25) is 5.15 Å². The zero-order valence-corrected chi connectivity index (χ0v) is 11.7. The summed E-state index contributed by atoms with van der Waals surface area (Å²) in [4.78, 5) is 6.76. The number of halogens is 1. The van der Waals surface area contributed by atoms with Crippen LogP contribution in [0, 0.1) is 0 Å². The molecule has 0 radical (unpaired) electrons. The van der Waals surface area contributed by atoms with Gasteiger partial charge in [-0.3, -0.25) is 4.90 Å².